The van der Waals surface area contributed by atoms with Gasteiger partial charge in [0.05, 0.1) is 12.2 Å². The fourth-order valence-corrected chi connectivity index (χ4v) is 1.81. The van der Waals surface area contributed by atoms with Gasteiger partial charge in [-0.1, -0.05) is 19.1 Å². The molecule has 0 aliphatic carbocycles. The van der Waals surface area contributed by atoms with Gasteiger partial charge in [0, 0.05) is 6.42 Å². The maximum absolute atomic E-state index is 11.8. The van der Waals surface area contributed by atoms with Crippen molar-refractivity contribution in [2.75, 3.05) is 11.4 Å². The van der Waals surface area contributed by atoms with Gasteiger partial charge in [0.2, 0.25) is 5.91 Å². The van der Waals surface area contributed by atoms with Gasteiger partial charge < -0.3 is 15.4 Å². The quantitative estimate of drug-likeness (QED) is 0.817. The number of hydrogen-bond acceptors (Lipinski definition) is 3. The summed E-state index contributed by atoms with van der Waals surface area (Å²) in [6.07, 6.45) is -0.403. The van der Waals surface area contributed by atoms with Crippen LogP contribution in [-0.2, 0) is 9.59 Å². The Balaban J connectivity index is 2.39. The Morgan fingerprint density at radius 3 is 2.82 bits per heavy atom. The lowest BCUT2D eigenvalue weighted by Crippen LogP contribution is -2.49. The van der Waals surface area contributed by atoms with Gasteiger partial charge >= 0.3 is 0 Å². The molecule has 0 radical (unpaired) electrons. The van der Waals surface area contributed by atoms with Crippen LogP contribution in [0.2, 0.25) is 0 Å². The smallest absolute Gasteiger partial charge is 0.260 e. The Kier molecular flexibility index (Phi) is 2.99. The van der Waals surface area contributed by atoms with Gasteiger partial charge in [-0.3, -0.25) is 9.59 Å². The molecule has 90 valence electrons. The zero-order valence-corrected chi connectivity index (χ0v) is 9.55. The van der Waals surface area contributed by atoms with E-state index in [-0.39, 0.29) is 12.5 Å². The van der Waals surface area contributed by atoms with Crippen LogP contribution in [0.1, 0.15) is 13.3 Å². The van der Waals surface area contributed by atoms with Crippen molar-refractivity contribution in [3.05, 3.63) is 24.3 Å². The Morgan fingerprint density at radius 1 is 1.47 bits per heavy atom. The minimum atomic E-state index is -0.777. The molecule has 2 rings (SSSR count). The predicted octanol–water partition coefficient (Wildman–Crippen LogP) is 0.676. The molecule has 0 fully saturated rings. The molecular formula is C12H14N2O3. The molecule has 0 saturated carbocycles. The summed E-state index contributed by atoms with van der Waals surface area (Å²) in [5.74, 6) is -0.0928. The maximum atomic E-state index is 11.8. The van der Waals surface area contributed by atoms with Crippen LogP contribution < -0.4 is 15.4 Å². The lowest BCUT2D eigenvalue weighted by Gasteiger charge is -2.33. The van der Waals surface area contributed by atoms with Crippen LogP contribution in [-0.4, -0.2) is 24.5 Å². The molecule has 1 heterocycles. The average molecular weight is 234 g/mol. The van der Waals surface area contributed by atoms with E-state index in [2.05, 4.69) is 0 Å². The molecule has 0 unspecified atom stereocenters. The molecule has 0 bridgehead atoms. The minimum Gasteiger partial charge on any atom is -0.477 e. The second-order valence-electron chi connectivity index (χ2n) is 3.83. The first-order valence-corrected chi connectivity index (χ1v) is 5.49. The number of hydrogen-bond donors (Lipinski definition) is 1. The van der Waals surface area contributed by atoms with Crippen molar-refractivity contribution in [2.45, 2.75) is 19.4 Å². The van der Waals surface area contributed by atoms with E-state index in [1.807, 2.05) is 6.07 Å². The highest BCUT2D eigenvalue weighted by Crippen LogP contribution is 2.33. The van der Waals surface area contributed by atoms with Gasteiger partial charge in [-0.05, 0) is 12.1 Å². The number of para-hydroxylation sites is 2. The first-order valence-electron chi connectivity index (χ1n) is 5.49. The number of carbonyl (C=O) groups excluding carboxylic acids is 2. The van der Waals surface area contributed by atoms with Gasteiger partial charge in [-0.15, -0.1) is 0 Å². The van der Waals surface area contributed by atoms with Crippen LogP contribution in [0.3, 0.4) is 0 Å². The third-order valence-corrected chi connectivity index (χ3v) is 2.69. The fraction of sp³-hybridized carbons (Fsp3) is 0.333. The van der Waals surface area contributed by atoms with Crippen LogP contribution in [0, 0.1) is 0 Å². The van der Waals surface area contributed by atoms with E-state index in [4.69, 9.17) is 10.5 Å². The topological polar surface area (TPSA) is 72.6 Å². The second-order valence-corrected chi connectivity index (χ2v) is 3.83. The standard InChI is InChI=1S/C12H14N2O3/c1-2-11(15)14-7-10(12(13)16)17-9-6-4-3-5-8(9)14/h3-6,10H,2,7H2,1H3,(H2,13,16)/t10-/m0/s1. The van der Waals surface area contributed by atoms with Crippen LogP contribution in [0.15, 0.2) is 24.3 Å². The molecule has 5 nitrogen and oxygen atoms in total. The summed E-state index contributed by atoms with van der Waals surface area (Å²) in [5, 5.41) is 0. The van der Waals surface area contributed by atoms with Gasteiger partial charge in [0.25, 0.3) is 5.91 Å². The van der Waals surface area contributed by atoms with Crippen LogP contribution in [0.5, 0.6) is 5.75 Å². The Labute approximate surface area is 99.2 Å². The Hall–Kier alpha value is -2.04. The van der Waals surface area contributed by atoms with Crippen LogP contribution in [0.4, 0.5) is 5.69 Å². The number of carbonyl (C=O) groups is 2. The lowest BCUT2D eigenvalue weighted by atomic mass is 10.1. The first-order chi connectivity index (χ1) is 8.13. The van der Waals surface area contributed by atoms with Gasteiger partial charge in [0.1, 0.15) is 5.75 Å². The number of primary amides is 1. The third kappa shape index (κ3) is 2.08. The zero-order chi connectivity index (χ0) is 12.4. The third-order valence-electron chi connectivity index (χ3n) is 2.69. The second kappa shape index (κ2) is 4.45. The van der Waals surface area contributed by atoms with Crippen molar-refractivity contribution in [1.29, 1.82) is 0 Å². The normalized spacial score (nSPS) is 18.2. The highest BCUT2D eigenvalue weighted by Gasteiger charge is 2.31. The fourth-order valence-electron chi connectivity index (χ4n) is 1.81. The molecule has 2 N–H and O–H groups in total. The predicted molar refractivity (Wildman–Crippen MR) is 62.7 cm³/mol. The van der Waals surface area contributed by atoms with Crippen molar-refractivity contribution >= 4 is 17.5 Å². The maximum Gasteiger partial charge on any atom is 0.260 e. The first kappa shape index (κ1) is 11.4. The zero-order valence-electron chi connectivity index (χ0n) is 9.55. The molecule has 0 spiro atoms. The highest BCUT2D eigenvalue weighted by molar-refractivity contribution is 5.96. The number of amides is 2. The number of nitrogens with two attached hydrogens (primary N) is 1. The van der Waals surface area contributed by atoms with E-state index in [1.54, 1.807) is 30.0 Å². The van der Waals surface area contributed by atoms with Gasteiger partial charge in [-0.25, -0.2) is 0 Å². The van der Waals surface area contributed by atoms with Crippen molar-refractivity contribution in [1.82, 2.24) is 0 Å². The van der Waals surface area contributed by atoms with Gasteiger partial charge in [0.15, 0.2) is 6.10 Å². The summed E-state index contributed by atoms with van der Waals surface area (Å²) in [7, 11) is 0. The van der Waals surface area contributed by atoms with Crippen LogP contribution in [0.25, 0.3) is 0 Å². The largest absolute Gasteiger partial charge is 0.477 e. The summed E-state index contributed by atoms with van der Waals surface area (Å²) in [4.78, 5) is 24.5. The van der Waals surface area contributed by atoms with E-state index in [1.165, 1.54) is 0 Å². The molecule has 1 aromatic carbocycles. The van der Waals surface area contributed by atoms with Crippen molar-refractivity contribution in [3.8, 4) is 5.75 Å². The number of fused-ring (bicyclic) bond motifs is 1. The summed E-state index contributed by atoms with van der Waals surface area (Å²) in [5.41, 5.74) is 5.92. The lowest BCUT2D eigenvalue weighted by molar-refractivity contribution is -0.125. The van der Waals surface area contributed by atoms with Crippen LogP contribution >= 0.6 is 0 Å². The molecule has 1 aliphatic rings. The SMILES string of the molecule is CCC(=O)N1C[C@@H](C(N)=O)Oc2ccccc21. The minimum absolute atomic E-state index is 0.0491. The van der Waals surface area contributed by atoms with Crippen molar-refractivity contribution < 1.29 is 14.3 Å². The summed E-state index contributed by atoms with van der Waals surface area (Å²) in [6, 6.07) is 7.13. The van der Waals surface area contributed by atoms with E-state index in [0.717, 1.165) is 0 Å². The molecule has 5 heteroatoms. The van der Waals surface area contributed by atoms with Gasteiger partial charge in [-0.2, -0.15) is 0 Å². The molecule has 1 aliphatic heterocycles. The molecule has 1 atom stereocenters. The number of nitrogens with zero attached hydrogens (tertiary/aromatic N) is 1. The molecule has 1 aromatic rings. The van der Waals surface area contributed by atoms with E-state index in [0.29, 0.717) is 17.9 Å². The number of anilines is 1. The monoisotopic (exact) mass is 234 g/mol. The number of benzene rings is 1. The molecule has 0 aromatic heterocycles. The molecular weight excluding hydrogens is 220 g/mol. The summed E-state index contributed by atoms with van der Waals surface area (Å²) >= 11 is 0. The number of rotatable bonds is 2. The molecule has 2 amide bonds. The molecule has 0 saturated heterocycles. The highest BCUT2D eigenvalue weighted by atomic mass is 16.5. The number of ether oxygens (including phenoxy) is 1. The summed E-state index contributed by atoms with van der Waals surface area (Å²) in [6.45, 7) is 1.96. The van der Waals surface area contributed by atoms with E-state index in [9.17, 15) is 9.59 Å². The molecule has 17 heavy (non-hydrogen) atoms. The Morgan fingerprint density at radius 2 is 2.18 bits per heavy atom. The van der Waals surface area contributed by atoms with Crippen molar-refractivity contribution in [3.63, 3.8) is 0 Å². The van der Waals surface area contributed by atoms with E-state index >= 15 is 0 Å². The Bertz CT molecular complexity index is 459. The van der Waals surface area contributed by atoms with Crippen molar-refractivity contribution in [2.24, 2.45) is 5.73 Å². The van der Waals surface area contributed by atoms with E-state index < -0.39 is 12.0 Å². The average Bonchev–Trinajstić information content (AvgIpc) is 2.36. The summed E-state index contributed by atoms with van der Waals surface area (Å²) < 4.78 is 5.45.